The number of benzene rings is 1. The van der Waals surface area contributed by atoms with Crippen molar-refractivity contribution in [1.82, 2.24) is 10.2 Å². The Balaban J connectivity index is 1.98. The van der Waals surface area contributed by atoms with Gasteiger partial charge in [0.05, 0.1) is 0 Å². The van der Waals surface area contributed by atoms with E-state index in [1.807, 2.05) is 0 Å². The maximum Gasteiger partial charge on any atom is 0.0449 e. The number of aryl methyl sites for hydroxylation is 1. The molecule has 1 aromatic rings. The van der Waals surface area contributed by atoms with Crippen LogP contribution in [0.2, 0.25) is 0 Å². The lowest BCUT2D eigenvalue weighted by Crippen LogP contribution is -2.34. The van der Waals surface area contributed by atoms with Crippen molar-refractivity contribution < 1.29 is 0 Å². The fourth-order valence-corrected chi connectivity index (χ4v) is 3.00. The van der Waals surface area contributed by atoms with Crippen LogP contribution >= 0.6 is 0 Å². The first-order chi connectivity index (χ1) is 9.22. The average Bonchev–Trinajstić information content (AvgIpc) is 2.87. The van der Waals surface area contributed by atoms with Crippen molar-refractivity contribution in [3.05, 3.63) is 35.4 Å². The van der Waals surface area contributed by atoms with E-state index in [2.05, 4.69) is 55.3 Å². The molecule has 0 aliphatic carbocycles. The summed E-state index contributed by atoms with van der Waals surface area (Å²) < 4.78 is 0. The van der Waals surface area contributed by atoms with Crippen LogP contribution in [0.4, 0.5) is 0 Å². The molecule has 0 bridgehead atoms. The molecule has 1 aromatic carbocycles. The lowest BCUT2D eigenvalue weighted by molar-refractivity contribution is 0.283. The molecule has 0 spiro atoms. The first-order valence-electron chi connectivity index (χ1n) is 7.75. The molecule has 1 N–H and O–H groups in total. The van der Waals surface area contributed by atoms with Gasteiger partial charge in [0.1, 0.15) is 0 Å². The molecular weight excluding hydrogens is 232 g/mol. The molecule has 0 aromatic heterocycles. The second-order valence-electron chi connectivity index (χ2n) is 5.84. The molecule has 106 valence electrons. The van der Waals surface area contributed by atoms with Gasteiger partial charge in [0, 0.05) is 19.1 Å². The zero-order chi connectivity index (χ0) is 13.7. The average molecular weight is 260 g/mol. The molecule has 2 unspecified atom stereocenters. The highest BCUT2D eigenvalue weighted by Crippen LogP contribution is 2.22. The standard InChI is InChI=1S/C17H28N2/c1-4-15-10-11-19(12-15)13-17(18-5-2)16-8-6-14(3)7-9-16/h6-9,15,17-18H,4-5,10-13H2,1-3H3. The smallest absolute Gasteiger partial charge is 0.0449 e. The minimum absolute atomic E-state index is 0.473. The number of nitrogens with zero attached hydrogens (tertiary/aromatic N) is 1. The Hall–Kier alpha value is -0.860. The van der Waals surface area contributed by atoms with E-state index in [-0.39, 0.29) is 0 Å². The third kappa shape index (κ3) is 4.05. The van der Waals surface area contributed by atoms with Crippen LogP contribution in [0.5, 0.6) is 0 Å². The van der Waals surface area contributed by atoms with Crippen LogP contribution in [0, 0.1) is 12.8 Å². The highest BCUT2D eigenvalue weighted by atomic mass is 15.2. The van der Waals surface area contributed by atoms with Gasteiger partial charge in [-0.3, -0.25) is 0 Å². The molecule has 0 radical (unpaired) electrons. The maximum absolute atomic E-state index is 3.64. The highest BCUT2D eigenvalue weighted by molar-refractivity contribution is 5.24. The minimum atomic E-state index is 0.473. The number of likely N-dealkylation sites (tertiary alicyclic amines) is 1. The maximum atomic E-state index is 3.64. The van der Waals surface area contributed by atoms with Crippen LogP contribution in [-0.4, -0.2) is 31.1 Å². The SMILES string of the molecule is CCNC(CN1CCC(CC)C1)c1ccc(C)cc1. The van der Waals surface area contributed by atoms with Gasteiger partial charge in [-0.2, -0.15) is 0 Å². The number of nitrogens with one attached hydrogen (secondary N) is 1. The van der Waals surface area contributed by atoms with Gasteiger partial charge in [-0.15, -0.1) is 0 Å². The fourth-order valence-electron chi connectivity index (χ4n) is 3.00. The predicted octanol–water partition coefficient (Wildman–Crippen LogP) is 3.38. The Labute approximate surface area is 118 Å². The zero-order valence-electron chi connectivity index (χ0n) is 12.7. The lowest BCUT2D eigenvalue weighted by atomic mass is 10.0. The molecule has 1 fully saturated rings. The van der Waals surface area contributed by atoms with E-state index < -0.39 is 0 Å². The summed E-state index contributed by atoms with van der Waals surface area (Å²) in [6.45, 7) is 11.4. The quantitative estimate of drug-likeness (QED) is 0.843. The van der Waals surface area contributed by atoms with Gasteiger partial charge in [0.15, 0.2) is 0 Å². The third-order valence-corrected chi connectivity index (χ3v) is 4.32. The Bertz CT molecular complexity index is 371. The second kappa shape index (κ2) is 7.06. The normalized spacial score (nSPS) is 21.7. The van der Waals surface area contributed by atoms with Gasteiger partial charge in [0.2, 0.25) is 0 Å². The highest BCUT2D eigenvalue weighted by Gasteiger charge is 2.23. The summed E-state index contributed by atoms with van der Waals surface area (Å²) in [5.74, 6) is 0.917. The molecule has 1 heterocycles. The lowest BCUT2D eigenvalue weighted by Gasteiger charge is -2.25. The largest absolute Gasteiger partial charge is 0.309 e. The summed E-state index contributed by atoms with van der Waals surface area (Å²) in [6, 6.07) is 9.46. The van der Waals surface area contributed by atoms with Gasteiger partial charge in [-0.1, -0.05) is 50.1 Å². The summed E-state index contributed by atoms with van der Waals surface area (Å²) >= 11 is 0. The third-order valence-electron chi connectivity index (χ3n) is 4.32. The van der Waals surface area contributed by atoms with Crippen LogP contribution in [0.25, 0.3) is 0 Å². The number of hydrogen-bond acceptors (Lipinski definition) is 2. The summed E-state index contributed by atoms with van der Waals surface area (Å²) in [5, 5.41) is 3.64. The van der Waals surface area contributed by atoms with Gasteiger partial charge >= 0.3 is 0 Å². The van der Waals surface area contributed by atoms with Crippen molar-refractivity contribution in [1.29, 1.82) is 0 Å². The molecule has 1 saturated heterocycles. The Kier molecular flexibility index (Phi) is 5.41. The van der Waals surface area contributed by atoms with E-state index in [4.69, 9.17) is 0 Å². The van der Waals surface area contributed by atoms with Crippen LogP contribution < -0.4 is 5.32 Å². The van der Waals surface area contributed by atoms with E-state index in [1.165, 1.54) is 37.1 Å². The molecule has 19 heavy (non-hydrogen) atoms. The summed E-state index contributed by atoms with van der Waals surface area (Å²) in [5.41, 5.74) is 2.76. The predicted molar refractivity (Wildman–Crippen MR) is 82.4 cm³/mol. The summed E-state index contributed by atoms with van der Waals surface area (Å²) in [6.07, 6.45) is 2.70. The van der Waals surface area contributed by atoms with Gasteiger partial charge in [-0.25, -0.2) is 0 Å². The van der Waals surface area contributed by atoms with Crippen molar-refractivity contribution in [3.63, 3.8) is 0 Å². The Morgan fingerprint density at radius 2 is 2.00 bits per heavy atom. The van der Waals surface area contributed by atoms with Crippen LogP contribution in [0.15, 0.2) is 24.3 Å². The van der Waals surface area contributed by atoms with Crippen molar-refractivity contribution >= 4 is 0 Å². The monoisotopic (exact) mass is 260 g/mol. The van der Waals surface area contributed by atoms with E-state index >= 15 is 0 Å². The van der Waals surface area contributed by atoms with E-state index in [1.54, 1.807) is 0 Å². The molecule has 1 aliphatic heterocycles. The fraction of sp³-hybridized carbons (Fsp3) is 0.647. The second-order valence-corrected chi connectivity index (χ2v) is 5.84. The summed E-state index contributed by atoms with van der Waals surface area (Å²) in [4.78, 5) is 2.63. The minimum Gasteiger partial charge on any atom is -0.309 e. The van der Waals surface area contributed by atoms with Crippen molar-refractivity contribution in [2.45, 2.75) is 39.7 Å². The van der Waals surface area contributed by atoms with E-state index in [0.717, 1.165) is 19.0 Å². The topological polar surface area (TPSA) is 15.3 Å². The van der Waals surface area contributed by atoms with Gasteiger partial charge in [-0.05, 0) is 37.9 Å². The molecule has 2 nitrogen and oxygen atoms in total. The molecular formula is C17H28N2. The molecule has 0 saturated carbocycles. The Morgan fingerprint density at radius 3 is 2.58 bits per heavy atom. The van der Waals surface area contributed by atoms with Crippen molar-refractivity contribution in [3.8, 4) is 0 Å². The van der Waals surface area contributed by atoms with Crippen LogP contribution in [0.3, 0.4) is 0 Å². The first-order valence-corrected chi connectivity index (χ1v) is 7.75. The van der Waals surface area contributed by atoms with E-state index in [9.17, 15) is 0 Å². The van der Waals surface area contributed by atoms with Gasteiger partial charge < -0.3 is 10.2 Å². The van der Waals surface area contributed by atoms with E-state index in [0.29, 0.717) is 6.04 Å². The molecule has 2 atom stereocenters. The van der Waals surface area contributed by atoms with Crippen molar-refractivity contribution in [2.75, 3.05) is 26.2 Å². The summed E-state index contributed by atoms with van der Waals surface area (Å²) in [7, 11) is 0. The van der Waals surface area contributed by atoms with Crippen LogP contribution in [0.1, 0.15) is 43.9 Å². The molecule has 2 heteroatoms. The molecule has 2 rings (SSSR count). The molecule has 0 amide bonds. The number of likely N-dealkylation sites (N-methyl/N-ethyl adjacent to an activating group) is 1. The molecule has 1 aliphatic rings. The first kappa shape index (κ1) is 14.5. The zero-order valence-corrected chi connectivity index (χ0v) is 12.7. The number of hydrogen-bond donors (Lipinski definition) is 1. The number of rotatable bonds is 6. The van der Waals surface area contributed by atoms with Crippen LogP contribution in [-0.2, 0) is 0 Å². The van der Waals surface area contributed by atoms with Crippen molar-refractivity contribution in [2.24, 2.45) is 5.92 Å². The Morgan fingerprint density at radius 1 is 1.26 bits per heavy atom. The van der Waals surface area contributed by atoms with Gasteiger partial charge in [0.25, 0.3) is 0 Å².